The molecule has 0 radical (unpaired) electrons. The van der Waals surface area contributed by atoms with Gasteiger partial charge in [-0.1, -0.05) is 55.5 Å². The van der Waals surface area contributed by atoms with Gasteiger partial charge in [0.15, 0.2) is 5.13 Å². The van der Waals surface area contributed by atoms with Crippen LogP contribution in [0.15, 0.2) is 30.3 Å². The first-order valence-corrected chi connectivity index (χ1v) is 8.28. The van der Waals surface area contributed by atoms with Gasteiger partial charge in [-0.15, -0.1) is 0 Å². The van der Waals surface area contributed by atoms with Crippen LogP contribution in [0.2, 0.25) is 0 Å². The number of amides is 1. The van der Waals surface area contributed by atoms with Crippen LogP contribution in [0.5, 0.6) is 0 Å². The van der Waals surface area contributed by atoms with E-state index in [-0.39, 0.29) is 5.91 Å². The minimum Gasteiger partial charge on any atom is -0.381 e. The summed E-state index contributed by atoms with van der Waals surface area (Å²) in [6, 6.07) is 10.1. The van der Waals surface area contributed by atoms with E-state index in [0.29, 0.717) is 30.7 Å². The smallest absolute Gasteiger partial charge is 0.228 e. The maximum atomic E-state index is 11.9. The molecule has 0 spiro atoms. The minimum absolute atomic E-state index is 0.0582. The lowest BCUT2D eigenvalue weighted by atomic mass is 10.2. The number of aryl methyl sites for hydroxylation is 1. The van der Waals surface area contributed by atoms with Crippen molar-refractivity contribution in [2.45, 2.75) is 27.2 Å². The zero-order valence-electron chi connectivity index (χ0n) is 13.3. The zero-order valence-corrected chi connectivity index (χ0v) is 14.1. The number of aromatic nitrogens is 1. The number of benzene rings is 1. The van der Waals surface area contributed by atoms with Gasteiger partial charge in [0.1, 0.15) is 0 Å². The molecule has 0 saturated heterocycles. The predicted octanol–water partition coefficient (Wildman–Crippen LogP) is 4.12. The van der Waals surface area contributed by atoms with Gasteiger partial charge in [0.05, 0.1) is 23.6 Å². The van der Waals surface area contributed by atoms with E-state index in [0.717, 1.165) is 16.1 Å². The van der Waals surface area contributed by atoms with E-state index in [1.807, 2.05) is 37.3 Å². The summed E-state index contributed by atoms with van der Waals surface area (Å²) in [5.41, 5.74) is 2.06. The number of thiazole rings is 1. The van der Waals surface area contributed by atoms with Gasteiger partial charge in [-0.05, 0) is 18.4 Å². The molecule has 1 amide bonds. The Hall–Kier alpha value is -1.72. The van der Waals surface area contributed by atoms with Gasteiger partial charge in [0.2, 0.25) is 5.91 Å². The van der Waals surface area contributed by atoms with Crippen LogP contribution in [-0.2, 0) is 9.53 Å². The second-order valence-electron chi connectivity index (χ2n) is 5.57. The molecule has 0 aliphatic carbocycles. The number of nitrogens with one attached hydrogen (secondary N) is 1. The second-order valence-corrected chi connectivity index (χ2v) is 6.57. The normalized spacial score (nSPS) is 10.9. The SMILES string of the molecule is Cc1nc(NC(=O)CCOCC(C)C)sc1-c1ccccc1. The Morgan fingerprint density at radius 2 is 2.05 bits per heavy atom. The van der Waals surface area contributed by atoms with Gasteiger partial charge in [0, 0.05) is 6.61 Å². The molecule has 2 rings (SSSR count). The molecule has 1 aromatic carbocycles. The molecule has 0 aliphatic heterocycles. The Morgan fingerprint density at radius 3 is 2.73 bits per heavy atom. The fourth-order valence-electron chi connectivity index (χ4n) is 1.97. The Bertz CT molecular complexity index is 608. The third-order valence-corrected chi connectivity index (χ3v) is 4.13. The van der Waals surface area contributed by atoms with Crippen molar-refractivity contribution >= 4 is 22.4 Å². The number of anilines is 1. The molecule has 2 aromatic rings. The highest BCUT2D eigenvalue weighted by molar-refractivity contribution is 7.19. The summed E-state index contributed by atoms with van der Waals surface area (Å²) in [6.45, 7) is 7.26. The maximum absolute atomic E-state index is 11.9. The Morgan fingerprint density at radius 1 is 1.32 bits per heavy atom. The molecular weight excluding hydrogens is 296 g/mol. The lowest BCUT2D eigenvalue weighted by molar-refractivity contribution is -0.117. The van der Waals surface area contributed by atoms with E-state index in [1.165, 1.54) is 11.3 Å². The van der Waals surface area contributed by atoms with E-state index in [4.69, 9.17) is 4.74 Å². The van der Waals surface area contributed by atoms with Crippen LogP contribution in [0.3, 0.4) is 0 Å². The first-order chi connectivity index (χ1) is 10.6. The number of hydrogen-bond acceptors (Lipinski definition) is 4. The molecule has 118 valence electrons. The third kappa shape index (κ3) is 4.93. The molecular formula is C17H22N2O2S. The molecule has 0 unspecified atom stereocenters. The Labute approximate surface area is 135 Å². The van der Waals surface area contributed by atoms with Crippen LogP contribution in [-0.4, -0.2) is 24.1 Å². The summed E-state index contributed by atoms with van der Waals surface area (Å²) in [4.78, 5) is 17.4. The van der Waals surface area contributed by atoms with Gasteiger partial charge in [-0.3, -0.25) is 4.79 Å². The first kappa shape index (κ1) is 16.6. The molecule has 0 aliphatic rings. The van der Waals surface area contributed by atoms with E-state index in [1.54, 1.807) is 0 Å². The predicted molar refractivity (Wildman–Crippen MR) is 91.2 cm³/mol. The van der Waals surface area contributed by atoms with E-state index < -0.39 is 0 Å². The maximum Gasteiger partial charge on any atom is 0.228 e. The van der Waals surface area contributed by atoms with Crippen molar-refractivity contribution in [2.24, 2.45) is 5.92 Å². The summed E-state index contributed by atoms with van der Waals surface area (Å²) >= 11 is 1.50. The van der Waals surface area contributed by atoms with Crippen molar-refractivity contribution < 1.29 is 9.53 Å². The average Bonchev–Trinajstić information content (AvgIpc) is 2.85. The van der Waals surface area contributed by atoms with Crippen LogP contribution < -0.4 is 5.32 Å². The van der Waals surface area contributed by atoms with Crippen LogP contribution in [0.1, 0.15) is 26.0 Å². The number of carbonyl (C=O) groups is 1. The van der Waals surface area contributed by atoms with Crippen molar-refractivity contribution in [3.05, 3.63) is 36.0 Å². The molecule has 0 bridgehead atoms. The van der Waals surface area contributed by atoms with Gasteiger partial charge in [-0.2, -0.15) is 0 Å². The van der Waals surface area contributed by atoms with E-state index >= 15 is 0 Å². The van der Waals surface area contributed by atoms with Gasteiger partial charge in [0.25, 0.3) is 0 Å². The first-order valence-electron chi connectivity index (χ1n) is 7.46. The van der Waals surface area contributed by atoms with Gasteiger partial charge < -0.3 is 10.1 Å². The molecule has 22 heavy (non-hydrogen) atoms. The highest BCUT2D eigenvalue weighted by Crippen LogP contribution is 2.32. The van der Waals surface area contributed by atoms with Crippen molar-refractivity contribution in [3.8, 4) is 10.4 Å². The summed E-state index contributed by atoms with van der Waals surface area (Å²) < 4.78 is 5.42. The molecule has 1 aromatic heterocycles. The Kier molecular flexibility index (Phi) is 6.10. The fourth-order valence-corrected chi connectivity index (χ4v) is 2.96. The zero-order chi connectivity index (χ0) is 15.9. The van der Waals surface area contributed by atoms with Crippen molar-refractivity contribution in [2.75, 3.05) is 18.5 Å². The molecule has 1 N–H and O–H groups in total. The number of ether oxygens (including phenoxy) is 1. The average molecular weight is 318 g/mol. The standard InChI is InChI=1S/C17H22N2O2S/c1-12(2)11-21-10-9-15(20)19-17-18-13(3)16(22-17)14-7-5-4-6-8-14/h4-8,12H,9-11H2,1-3H3,(H,18,19,20). The van der Waals surface area contributed by atoms with E-state index in [2.05, 4.69) is 24.1 Å². The van der Waals surface area contributed by atoms with Crippen molar-refractivity contribution in [1.29, 1.82) is 0 Å². The van der Waals surface area contributed by atoms with E-state index in [9.17, 15) is 4.79 Å². The summed E-state index contributed by atoms with van der Waals surface area (Å²) in [5, 5.41) is 3.49. The van der Waals surface area contributed by atoms with Gasteiger partial charge >= 0.3 is 0 Å². The van der Waals surface area contributed by atoms with Crippen LogP contribution in [0.4, 0.5) is 5.13 Å². The number of rotatable bonds is 7. The topological polar surface area (TPSA) is 51.2 Å². The lowest BCUT2D eigenvalue weighted by Gasteiger charge is -2.06. The summed E-state index contributed by atoms with van der Waals surface area (Å²) in [5.74, 6) is 0.426. The van der Waals surface area contributed by atoms with Crippen LogP contribution in [0, 0.1) is 12.8 Å². The summed E-state index contributed by atoms with van der Waals surface area (Å²) in [7, 11) is 0. The highest BCUT2D eigenvalue weighted by atomic mass is 32.1. The monoisotopic (exact) mass is 318 g/mol. The van der Waals surface area contributed by atoms with Gasteiger partial charge in [-0.25, -0.2) is 4.98 Å². The van der Waals surface area contributed by atoms with Crippen molar-refractivity contribution in [1.82, 2.24) is 4.98 Å². The van der Waals surface area contributed by atoms with Crippen LogP contribution >= 0.6 is 11.3 Å². The Balaban J connectivity index is 1.90. The molecule has 4 nitrogen and oxygen atoms in total. The molecule has 0 saturated carbocycles. The second kappa shape index (κ2) is 8.06. The molecule has 0 fully saturated rings. The molecule has 5 heteroatoms. The minimum atomic E-state index is -0.0582. The number of hydrogen-bond donors (Lipinski definition) is 1. The number of nitrogens with zero attached hydrogens (tertiary/aromatic N) is 1. The fraction of sp³-hybridized carbons (Fsp3) is 0.412. The lowest BCUT2D eigenvalue weighted by Crippen LogP contribution is -2.15. The number of carbonyl (C=O) groups excluding carboxylic acids is 1. The van der Waals surface area contributed by atoms with Crippen molar-refractivity contribution in [3.63, 3.8) is 0 Å². The highest BCUT2D eigenvalue weighted by Gasteiger charge is 2.11. The molecule has 1 heterocycles. The summed E-state index contributed by atoms with van der Waals surface area (Å²) in [6.07, 6.45) is 0.353. The van der Waals surface area contributed by atoms with Crippen LogP contribution in [0.25, 0.3) is 10.4 Å². The quantitative estimate of drug-likeness (QED) is 0.781. The third-order valence-electron chi connectivity index (χ3n) is 3.00. The largest absolute Gasteiger partial charge is 0.381 e. The molecule has 0 atom stereocenters.